The molecule has 0 radical (unpaired) electrons. The van der Waals surface area contributed by atoms with E-state index in [2.05, 4.69) is 17.0 Å². The molecular formula is C28H34N2O4. The van der Waals surface area contributed by atoms with E-state index in [4.69, 9.17) is 9.47 Å². The van der Waals surface area contributed by atoms with Crippen LogP contribution in [0.4, 0.5) is 10.5 Å². The van der Waals surface area contributed by atoms with Crippen LogP contribution < -0.4 is 9.64 Å². The largest absolute Gasteiger partial charge is 0.488 e. The molecule has 6 heteroatoms. The molecule has 2 aromatic rings. The van der Waals surface area contributed by atoms with Crippen LogP contribution in [0.3, 0.4) is 0 Å². The Morgan fingerprint density at radius 2 is 1.38 bits per heavy atom. The van der Waals surface area contributed by atoms with Gasteiger partial charge in [-0.3, -0.25) is 4.79 Å². The van der Waals surface area contributed by atoms with E-state index < -0.39 is 5.60 Å². The summed E-state index contributed by atoms with van der Waals surface area (Å²) >= 11 is 0. The van der Waals surface area contributed by atoms with Crippen LogP contribution in [-0.4, -0.2) is 54.2 Å². The topological polar surface area (TPSA) is 59.1 Å². The number of amides is 1. The molecule has 3 aliphatic rings. The molecule has 2 aromatic carbocycles. The summed E-state index contributed by atoms with van der Waals surface area (Å²) in [5, 5.41) is 0. The molecule has 2 saturated heterocycles. The first-order valence-electron chi connectivity index (χ1n) is 12.1. The summed E-state index contributed by atoms with van der Waals surface area (Å²) in [7, 11) is 0. The van der Waals surface area contributed by atoms with E-state index in [0.717, 1.165) is 54.3 Å². The number of hydrogen-bond acceptors (Lipinski definition) is 5. The number of carbonyl (C=O) groups excluding carboxylic acids is 2. The van der Waals surface area contributed by atoms with E-state index in [1.165, 1.54) is 0 Å². The van der Waals surface area contributed by atoms with Crippen LogP contribution in [0.5, 0.6) is 5.75 Å². The van der Waals surface area contributed by atoms with Gasteiger partial charge in [0.05, 0.1) is 0 Å². The van der Waals surface area contributed by atoms with Crippen molar-refractivity contribution in [1.82, 2.24) is 4.90 Å². The molecule has 0 aromatic heterocycles. The maximum Gasteiger partial charge on any atom is 0.410 e. The van der Waals surface area contributed by atoms with Gasteiger partial charge in [-0.05, 0) is 83.0 Å². The normalized spacial score (nSPS) is 21.4. The lowest BCUT2D eigenvalue weighted by molar-refractivity contribution is 0.0282. The van der Waals surface area contributed by atoms with E-state index in [1.54, 1.807) is 0 Å². The maximum atomic E-state index is 13.3. The van der Waals surface area contributed by atoms with Crippen molar-refractivity contribution < 1.29 is 19.1 Å². The van der Waals surface area contributed by atoms with Crippen LogP contribution in [0.25, 0.3) is 11.1 Å². The predicted octanol–water partition coefficient (Wildman–Crippen LogP) is 5.38. The Hall–Kier alpha value is -3.02. The molecule has 6 nitrogen and oxygen atoms in total. The highest BCUT2D eigenvalue weighted by atomic mass is 16.6. The van der Waals surface area contributed by atoms with Gasteiger partial charge < -0.3 is 19.3 Å². The van der Waals surface area contributed by atoms with E-state index in [0.29, 0.717) is 17.4 Å². The number of ketones is 1. The molecule has 2 fully saturated rings. The highest BCUT2D eigenvalue weighted by Gasteiger charge is 2.43. The standard InChI is InChI=1S/C28H34N2O4/c1-27(2,3)33-20-8-10-22-21-9-7-19(11-23(21)25(31)24(22)12-20)29-13-17-15-30(16-18(17)14-29)26(32)34-28(4,5)6/h7-12,17-18H,13-16H2,1-6H3. The number of carbonyl (C=O) groups is 2. The SMILES string of the molecule is CC(C)(C)OC(=O)N1CC2CN(c3ccc4c(c3)C(=O)c3cc(OC(C)(C)C)ccc3-4)CC2C1. The van der Waals surface area contributed by atoms with Crippen LogP contribution in [-0.2, 0) is 4.74 Å². The Bertz CT molecular complexity index is 1140. The van der Waals surface area contributed by atoms with Crippen molar-refractivity contribution in [3.05, 3.63) is 47.5 Å². The second-order valence-corrected chi connectivity index (χ2v) is 11.8. The van der Waals surface area contributed by atoms with Crippen molar-refractivity contribution in [3.8, 4) is 16.9 Å². The molecule has 1 aliphatic carbocycles. The smallest absolute Gasteiger partial charge is 0.410 e. The Balaban J connectivity index is 1.30. The van der Waals surface area contributed by atoms with Crippen LogP contribution >= 0.6 is 0 Å². The molecular weight excluding hydrogens is 428 g/mol. The number of ether oxygens (including phenoxy) is 2. The number of rotatable bonds is 2. The molecule has 0 spiro atoms. The second kappa shape index (κ2) is 7.76. The third-order valence-corrected chi connectivity index (χ3v) is 6.70. The molecule has 5 rings (SSSR count). The zero-order chi connectivity index (χ0) is 24.4. The van der Waals surface area contributed by atoms with Gasteiger partial charge in [-0.2, -0.15) is 0 Å². The van der Waals surface area contributed by atoms with Gasteiger partial charge in [0.1, 0.15) is 17.0 Å². The molecule has 0 saturated carbocycles. The minimum Gasteiger partial charge on any atom is -0.488 e. The fourth-order valence-electron chi connectivity index (χ4n) is 5.34. The molecule has 1 amide bonds. The molecule has 2 unspecified atom stereocenters. The van der Waals surface area contributed by atoms with E-state index >= 15 is 0 Å². The summed E-state index contributed by atoms with van der Waals surface area (Å²) < 4.78 is 11.5. The average molecular weight is 463 g/mol. The molecule has 2 aliphatic heterocycles. The first-order valence-corrected chi connectivity index (χ1v) is 12.1. The van der Waals surface area contributed by atoms with Gasteiger partial charge in [-0.25, -0.2) is 4.79 Å². The second-order valence-electron chi connectivity index (χ2n) is 11.8. The van der Waals surface area contributed by atoms with Crippen molar-refractivity contribution in [2.75, 3.05) is 31.1 Å². The van der Waals surface area contributed by atoms with Gasteiger partial charge in [-0.15, -0.1) is 0 Å². The molecule has 0 N–H and O–H groups in total. The maximum absolute atomic E-state index is 13.3. The van der Waals surface area contributed by atoms with Crippen molar-refractivity contribution in [1.29, 1.82) is 0 Å². The lowest BCUT2D eigenvalue weighted by Gasteiger charge is -2.26. The van der Waals surface area contributed by atoms with Gasteiger partial charge in [0.25, 0.3) is 0 Å². The minimum absolute atomic E-state index is 0.0571. The van der Waals surface area contributed by atoms with E-state index in [9.17, 15) is 9.59 Å². The van der Waals surface area contributed by atoms with Crippen molar-refractivity contribution >= 4 is 17.6 Å². The summed E-state index contributed by atoms with van der Waals surface area (Å²) in [5.74, 6) is 1.62. The molecule has 34 heavy (non-hydrogen) atoms. The highest BCUT2D eigenvalue weighted by molar-refractivity contribution is 6.22. The number of nitrogens with zero attached hydrogens (tertiary/aromatic N) is 2. The molecule has 0 bridgehead atoms. The number of benzene rings is 2. The zero-order valence-corrected chi connectivity index (χ0v) is 21.0. The molecule has 2 atom stereocenters. The summed E-state index contributed by atoms with van der Waals surface area (Å²) in [6, 6.07) is 12.0. The quantitative estimate of drug-likeness (QED) is 0.512. The first-order chi connectivity index (χ1) is 15.9. The zero-order valence-electron chi connectivity index (χ0n) is 21.0. The third-order valence-electron chi connectivity index (χ3n) is 6.70. The number of likely N-dealkylation sites (tertiary alicyclic amines) is 1. The summed E-state index contributed by atoms with van der Waals surface area (Å²) in [5.41, 5.74) is 3.70. The van der Waals surface area contributed by atoms with Crippen LogP contribution in [0.1, 0.15) is 57.5 Å². The Kier molecular flexibility index (Phi) is 5.19. The minimum atomic E-state index is -0.477. The summed E-state index contributed by atoms with van der Waals surface area (Å²) in [6.07, 6.45) is -0.218. The summed E-state index contributed by atoms with van der Waals surface area (Å²) in [4.78, 5) is 29.9. The van der Waals surface area contributed by atoms with Crippen LogP contribution in [0.2, 0.25) is 0 Å². The predicted molar refractivity (Wildman–Crippen MR) is 133 cm³/mol. The Labute approximate surface area is 201 Å². The number of hydrogen-bond donors (Lipinski definition) is 0. The van der Waals surface area contributed by atoms with Crippen molar-refractivity contribution in [2.24, 2.45) is 11.8 Å². The number of fused-ring (bicyclic) bond motifs is 4. The van der Waals surface area contributed by atoms with Crippen LogP contribution in [0.15, 0.2) is 36.4 Å². The van der Waals surface area contributed by atoms with E-state index in [1.807, 2.05) is 70.7 Å². The fourth-order valence-corrected chi connectivity index (χ4v) is 5.34. The Morgan fingerprint density at radius 3 is 1.97 bits per heavy atom. The highest BCUT2D eigenvalue weighted by Crippen LogP contribution is 2.42. The lowest BCUT2D eigenvalue weighted by atomic mass is 10.0. The van der Waals surface area contributed by atoms with Crippen molar-refractivity contribution in [3.63, 3.8) is 0 Å². The van der Waals surface area contributed by atoms with E-state index in [-0.39, 0.29) is 17.5 Å². The molecule has 180 valence electrons. The monoisotopic (exact) mass is 462 g/mol. The summed E-state index contributed by atoms with van der Waals surface area (Å²) in [6.45, 7) is 14.9. The van der Waals surface area contributed by atoms with Crippen molar-refractivity contribution in [2.45, 2.75) is 52.7 Å². The average Bonchev–Trinajstić information content (AvgIpc) is 3.36. The van der Waals surface area contributed by atoms with Gasteiger partial charge >= 0.3 is 6.09 Å². The first kappa shape index (κ1) is 22.8. The Morgan fingerprint density at radius 1 is 0.794 bits per heavy atom. The fraction of sp³-hybridized carbons (Fsp3) is 0.500. The molecule has 2 heterocycles. The van der Waals surface area contributed by atoms with Gasteiger partial charge in [0.2, 0.25) is 0 Å². The lowest BCUT2D eigenvalue weighted by Crippen LogP contribution is -2.37. The van der Waals surface area contributed by atoms with Gasteiger partial charge in [-0.1, -0.05) is 6.07 Å². The third kappa shape index (κ3) is 4.26. The number of anilines is 1. The van der Waals surface area contributed by atoms with Gasteiger partial charge in [0, 0.05) is 54.8 Å². The van der Waals surface area contributed by atoms with Gasteiger partial charge in [0.15, 0.2) is 5.78 Å². The van der Waals surface area contributed by atoms with Crippen LogP contribution in [0, 0.1) is 11.8 Å².